The van der Waals surface area contributed by atoms with Gasteiger partial charge >= 0.3 is 0 Å². The summed E-state index contributed by atoms with van der Waals surface area (Å²) >= 11 is 0. The molecule has 0 unspecified atom stereocenters. The van der Waals surface area contributed by atoms with E-state index < -0.39 is 5.91 Å². The second-order valence-corrected chi connectivity index (χ2v) is 8.47. The highest BCUT2D eigenvalue weighted by Crippen LogP contribution is 2.25. The molecule has 1 saturated heterocycles. The van der Waals surface area contributed by atoms with Crippen LogP contribution in [0, 0.1) is 5.92 Å². The number of nitrogens with zero attached hydrogens (tertiary/aromatic N) is 4. The zero-order chi connectivity index (χ0) is 22.8. The van der Waals surface area contributed by atoms with Gasteiger partial charge in [0.15, 0.2) is 11.3 Å². The Hall–Kier alpha value is -4.00. The van der Waals surface area contributed by atoms with E-state index in [4.69, 9.17) is 5.73 Å². The van der Waals surface area contributed by atoms with Crippen LogP contribution >= 0.6 is 0 Å². The Bertz CT molecular complexity index is 1290. The van der Waals surface area contributed by atoms with E-state index in [0.29, 0.717) is 36.0 Å². The summed E-state index contributed by atoms with van der Waals surface area (Å²) in [5, 5.41) is 0. The van der Waals surface area contributed by atoms with Crippen molar-refractivity contribution in [3.8, 4) is 11.3 Å². The molecule has 166 valence electrons. The molecule has 2 N–H and O–H groups in total. The van der Waals surface area contributed by atoms with Gasteiger partial charge in [-0.3, -0.25) is 14.0 Å². The van der Waals surface area contributed by atoms with Crippen LogP contribution in [0.15, 0.2) is 73.1 Å². The average Bonchev–Trinajstić information content (AvgIpc) is 3.29. The van der Waals surface area contributed by atoms with Crippen LogP contribution in [0.2, 0.25) is 0 Å². The summed E-state index contributed by atoms with van der Waals surface area (Å²) in [5.41, 5.74) is 9.09. The number of fused-ring (bicyclic) bond motifs is 1. The van der Waals surface area contributed by atoms with Crippen molar-refractivity contribution >= 4 is 17.5 Å². The SMILES string of the molecule is NC(=O)c1ncn2c(C(=O)N3CCC(Cc4ccccc4)CC3)cc(-c3ccccc3)nc12. The molecule has 0 aliphatic carbocycles. The fourth-order valence-corrected chi connectivity index (χ4v) is 4.52. The van der Waals surface area contributed by atoms with E-state index in [0.717, 1.165) is 24.8 Å². The molecule has 2 aromatic heterocycles. The predicted molar refractivity (Wildman–Crippen MR) is 126 cm³/mol. The van der Waals surface area contributed by atoms with Crippen molar-refractivity contribution in [2.75, 3.05) is 13.1 Å². The van der Waals surface area contributed by atoms with Gasteiger partial charge in [0.2, 0.25) is 0 Å². The molecule has 0 radical (unpaired) electrons. The zero-order valence-corrected chi connectivity index (χ0v) is 18.2. The molecule has 1 fully saturated rings. The fourth-order valence-electron chi connectivity index (χ4n) is 4.52. The summed E-state index contributed by atoms with van der Waals surface area (Å²) in [5.74, 6) is -0.204. The van der Waals surface area contributed by atoms with Gasteiger partial charge in [0.1, 0.15) is 12.0 Å². The van der Waals surface area contributed by atoms with Crippen LogP contribution < -0.4 is 5.73 Å². The third-order valence-electron chi connectivity index (χ3n) is 6.29. The van der Waals surface area contributed by atoms with Crippen molar-refractivity contribution in [3.05, 3.63) is 90.0 Å². The smallest absolute Gasteiger partial charge is 0.271 e. The maximum absolute atomic E-state index is 13.6. The monoisotopic (exact) mass is 439 g/mol. The maximum Gasteiger partial charge on any atom is 0.271 e. The van der Waals surface area contributed by atoms with Crippen molar-refractivity contribution in [2.24, 2.45) is 11.7 Å². The highest BCUT2D eigenvalue weighted by atomic mass is 16.2. The van der Waals surface area contributed by atoms with Crippen molar-refractivity contribution < 1.29 is 9.59 Å². The maximum atomic E-state index is 13.6. The van der Waals surface area contributed by atoms with Crippen LogP contribution in [0.5, 0.6) is 0 Å². The van der Waals surface area contributed by atoms with Crippen LogP contribution in [0.1, 0.15) is 39.4 Å². The summed E-state index contributed by atoms with van der Waals surface area (Å²) in [6.45, 7) is 1.39. The zero-order valence-electron chi connectivity index (χ0n) is 18.2. The molecule has 5 rings (SSSR count). The first-order valence-corrected chi connectivity index (χ1v) is 11.2. The molecule has 2 amide bonds. The molecule has 33 heavy (non-hydrogen) atoms. The highest BCUT2D eigenvalue weighted by molar-refractivity contribution is 5.99. The Morgan fingerprint density at radius 3 is 2.30 bits per heavy atom. The number of amides is 2. The lowest BCUT2D eigenvalue weighted by Crippen LogP contribution is -2.39. The highest BCUT2D eigenvalue weighted by Gasteiger charge is 2.27. The van der Waals surface area contributed by atoms with Gasteiger partial charge in [-0.1, -0.05) is 60.7 Å². The van der Waals surface area contributed by atoms with Gasteiger partial charge in [-0.05, 0) is 36.8 Å². The van der Waals surface area contributed by atoms with Gasteiger partial charge in [0, 0.05) is 18.7 Å². The van der Waals surface area contributed by atoms with E-state index >= 15 is 0 Å². The summed E-state index contributed by atoms with van der Waals surface area (Å²) in [6, 6.07) is 21.8. The quantitative estimate of drug-likeness (QED) is 0.514. The van der Waals surface area contributed by atoms with Crippen molar-refractivity contribution in [1.29, 1.82) is 0 Å². The van der Waals surface area contributed by atoms with Gasteiger partial charge in [0.25, 0.3) is 11.8 Å². The number of piperidine rings is 1. The Kier molecular flexibility index (Phi) is 5.60. The number of carbonyl (C=O) groups excluding carboxylic acids is 2. The Labute approximate surface area is 191 Å². The van der Waals surface area contributed by atoms with Gasteiger partial charge < -0.3 is 10.6 Å². The predicted octanol–water partition coefficient (Wildman–Crippen LogP) is 3.59. The van der Waals surface area contributed by atoms with Crippen molar-refractivity contribution in [1.82, 2.24) is 19.3 Å². The molecule has 2 aromatic carbocycles. The number of nitrogens with two attached hydrogens (primary N) is 1. The largest absolute Gasteiger partial charge is 0.364 e. The van der Waals surface area contributed by atoms with E-state index in [-0.39, 0.29) is 11.6 Å². The topological polar surface area (TPSA) is 93.6 Å². The number of primary amides is 1. The molecular weight excluding hydrogens is 414 g/mol. The summed E-state index contributed by atoms with van der Waals surface area (Å²) < 4.78 is 1.57. The summed E-state index contributed by atoms with van der Waals surface area (Å²) in [7, 11) is 0. The van der Waals surface area contributed by atoms with Crippen LogP contribution in [0.3, 0.4) is 0 Å². The van der Waals surface area contributed by atoms with Crippen molar-refractivity contribution in [3.63, 3.8) is 0 Å². The molecular formula is C26H25N5O2. The number of likely N-dealkylation sites (tertiary alicyclic amines) is 1. The van der Waals surface area contributed by atoms with E-state index in [1.807, 2.05) is 41.3 Å². The third-order valence-corrected chi connectivity index (χ3v) is 6.29. The summed E-state index contributed by atoms with van der Waals surface area (Å²) in [4.78, 5) is 36.1. The van der Waals surface area contributed by atoms with E-state index in [9.17, 15) is 9.59 Å². The number of carbonyl (C=O) groups is 2. The standard InChI is InChI=1S/C26H25N5O2/c27-24(32)23-25-29-21(20-9-5-2-6-10-20)16-22(31(25)17-28-23)26(33)30-13-11-19(12-14-30)15-18-7-3-1-4-8-18/h1-10,16-17,19H,11-15H2,(H2,27,32). The second kappa shape index (κ2) is 8.86. The van der Waals surface area contributed by atoms with Gasteiger partial charge in [-0.25, -0.2) is 9.97 Å². The van der Waals surface area contributed by atoms with E-state index in [1.54, 1.807) is 10.5 Å². The lowest BCUT2D eigenvalue weighted by atomic mass is 9.90. The molecule has 3 heterocycles. The van der Waals surface area contributed by atoms with Crippen LogP contribution in [0.4, 0.5) is 0 Å². The molecule has 4 aromatic rings. The van der Waals surface area contributed by atoms with E-state index in [2.05, 4.69) is 34.2 Å². The first kappa shape index (κ1) is 20.9. The molecule has 1 aliphatic heterocycles. The van der Waals surface area contributed by atoms with Crippen LogP contribution in [-0.2, 0) is 6.42 Å². The minimum atomic E-state index is -0.671. The third kappa shape index (κ3) is 4.22. The second-order valence-electron chi connectivity index (χ2n) is 8.47. The fraction of sp³-hybridized carbons (Fsp3) is 0.231. The molecule has 0 bridgehead atoms. The average molecular weight is 440 g/mol. The Morgan fingerprint density at radius 1 is 0.970 bits per heavy atom. The normalized spacial score (nSPS) is 14.5. The Balaban J connectivity index is 1.43. The van der Waals surface area contributed by atoms with Gasteiger partial charge in [-0.2, -0.15) is 0 Å². The van der Waals surface area contributed by atoms with Crippen LogP contribution in [0.25, 0.3) is 16.9 Å². The number of aromatic nitrogens is 3. The summed E-state index contributed by atoms with van der Waals surface area (Å²) in [6.07, 6.45) is 4.39. The number of benzene rings is 2. The lowest BCUT2D eigenvalue weighted by Gasteiger charge is -2.32. The minimum absolute atomic E-state index is 0.0587. The number of rotatable bonds is 5. The lowest BCUT2D eigenvalue weighted by molar-refractivity contribution is 0.0682. The Morgan fingerprint density at radius 2 is 1.64 bits per heavy atom. The van der Waals surface area contributed by atoms with E-state index in [1.165, 1.54) is 11.9 Å². The van der Waals surface area contributed by atoms with Crippen LogP contribution in [-0.4, -0.2) is 44.2 Å². The molecule has 7 nitrogen and oxygen atoms in total. The number of hydrogen-bond donors (Lipinski definition) is 1. The first-order valence-electron chi connectivity index (χ1n) is 11.2. The number of imidazole rings is 1. The molecule has 0 spiro atoms. The molecule has 0 saturated carbocycles. The molecule has 0 atom stereocenters. The van der Waals surface area contributed by atoms with Crippen molar-refractivity contribution in [2.45, 2.75) is 19.3 Å². The van der Waals surface area contributed by atoms with Gasteiger partial charge in [-0.15, -0.1) is 0 Å². The molecule has 7 heteroatoms. The molecule has 1 aliphatic rings. The van der Waals surface area contributed by atoms with Gasteiger partial charge in [0.05, 0.1) is 5.69 Å². The first-order chi connectivity index (χ1) is 16.1. The number of hydrogen-bond acceptors (Lipinski definition) is 4. The minimum Gasteiger partial charge on any atom is -0.364 e.